The molecule has 7 heteroatoms. The van der Waals surface area contributed by atoms with E-state index < -0.39 is 5.97 Å². The number of hydrogen-bond donors (Lipinski definition) is 2. The SMILES string of the molecule is COc1ccc(C(=O)O)cc1OC.OC(CN1CCCCC1)Cn1c2ccccc2c2ccccc21. The van der Waals surface area contributed by atoms with E-state index in [4.69, 9.17) is 14.6 Å². The number of aromatic nitrogens is 1. The Morgan fingerprint density at radius 2 is 1.42 bits per heavy atom. The fourth-order valence-electron chi connectivity index (χ4n) is 4.88. The number of nitrogens with zero attached hydrogens (tertiary/aromatic N) is 2. The summed E-state index contributed by atoms with van der Waals surface area (Å²) in [5.74, 6) is -0.0455. The van der Waals surface area contributed by atoms with E-state index in [1.807, 2.05) is 0 Å². The molecule has 0 amide bonds. The molecule has 1 aliphatic rings. The third-order valence-corrected chi connectivity index (χ3v) is 6.62. The van der Waals surface area contributed by atoms with Crippen molar-refractivity contribution in [2.45, 2.75) is 31.9 Å². The van der Waals surface area contributed by atoms with E-state index in [1.165, 1.54) is 67.4 Å². The maximum absolute atomic E-state index is 10.6. The Hall–Kier alpha value is -3.55. The topological polar surface area (TPSA) is 84.2 Å². The van der Waals surface area contributed by atoms with Gasteiger partial charge in [0, 0.05) is 28.4 Å². The lowest BCUT2D eigenvalue weighted by atomic mass is 10.1. The molecule has 1 aromatic heterocycles. The number of aliphatic hydroxyl groups is 1. The monoisotopic (exact) mass is 490 g/mol. The zero-order valence-corrected chi connectivity index (χ0v) is 20.9. The normalized spacial score (nSPS) is 14.8. The molecule has 2 heterocycles. The number of fused-ring (bicyclic) bond motifs is 3. The number of likely N-dealkylation sites (tertiary alicyclic amines) is 1. The van der Waals surface area contributed by atoms with E-state index in [2.05, 4.69) is 58.0 Å². The Bertz CT molecular complexity index is 1260. The van der Waals surface area contributed by atoms with E-state index in [9.17, 15) is 9.90 Å². The van der Waals surface area contributed by atoms with Crippen molar-refractivity contribution in [3.63, 3.8) is 0 Å². The van der Waals surface area contributed by atoms with Crippen LogP contribution < -0.4 is 9.47 Å². The van der Waals surface area contributed by atoms with E-state index in [0.717, 1.165) is 19.6 Å². The molecule has 0 saturated carbocycles. The highest BCUT2D eigenvalue weighted by Gasteiger charge is 2.17. The number of ether oxygens (including phenoxy) is 2. The summed E-state index contributed by atoms with van der Waals surface area (Å²) in [5, 5.41) is 21.8. The Morgan fingerprint density at radius 1 is 0.833 bits per heavy atom. The predicted octanol–water partition coefficient (Wildman–Crippen LogP) is 5.04. The van der Waals surface area contributed by atoms with Crippen LogP contribution in [-0.2, 0) is 6.54 Å². The number of piperidine rings is 1. The molecule has 0 aliphatic carbocycles. The van der Waals surface area contributed by atoms with Gasteiger partial charge in [-0.25, -0.2) is 4.79 Å². The average Bonchev–Trinajstić information content (AvgIpc) is 3.22. The molecule has 1 fully saturated rings. The number of aliphatic hydroxyl groups excluding tert-OH is 1. The number of carbonyl (C=O) groups is 1. The van der Waals surface area contributed by atoms with Crippen LogP contribution in [-0.4, -0.2) is 65.6 Å². The lowest BCUT2D eigenvalue weighted by molar-refractivity contribution is 0.0696. The second-order valence-corrected chi connectivity index (χ2v) is 9.03. The number of β-amino-alcohol motifs (C(OH)–C–C–N with tert-alkyl or cyclic N) is 1. The summed E-state index contributed by atoms with van der Waals surface area (Å²) in [4.78, 5) is 13.0. The zero-order chi connectivity index (χ0) is 25.5. The number of benzene rings is 3. The molecule has 1 saturated heterocycles. The average molecular weight is 491 g/mol. The summed E-state index contributed by atoms with van der Waals surface area (Å²) in [6, 6.07) is 21.4. The summed E-state index contributed by atoms with van der Waals surface area (Å²) in [5.41, 5.74) is 2.61. The van der Waals surface area contributed by atoms with Crippen LogP contribution in [0.15, 0.2) is 66.7 Å². The van der Waals surface area contributed by atoms with E-state index >= 15 is 0 Å². The van der Waals surface area contributed by atoms with Crippen molar-refractivity contribution in [1.29, 1.82) is 0 Å². The Labute approximate surface area is 211 Å². The largest absolute Gasteiger partial charge is 0.493 e. The van der Waals surface area contributed by atoms with Gasteiger partial charge in [0.1, 0.15) is 0 Å². The highest BCUT2D eigenvalue weighted by molar-refractivity contribution is 6.07. The van der Waals surface area contributed by atoms with Gasteiger partial charge >= 0.3 is 5.97 Å². The van der Waals surface area contributed by atoms with Gasteiger partial charge in [0.2, 0.25) is 0 Å². The number of rotatable bonds is 7. The van der Waals surface area contributed by atoms with Gasteiger partial charge in [-0.3, -0.25) is 0 Å². The molecule has 36 heavy (non-hydrogen) atoms. The lowest BCUT2D eigenvalue weighted by Crippen LogP contribution is -2.38. The molecule has 1 unspecified atom stereocenters. The van der Waals surface area contributed by atoms with Gasteiger partial charge in [-0.1, -0.05) is 42.8 Å². The number of hydrogen-bond acceptors (Lipinski definition) is 5. The molecular weight excluding hydrogens is 456 g/mol. The second kappa shape index (κ2) is 11.9. The van der Waals surface area contributed by atoms with Gasteiger partial charge in [0.25, 0.3) is 0 Å². The Kier molecular flexibility index (Phi) is 8.46. The standard InChI is InChI=1S/C20H24N2O.C9H10O4/c23-16(14-21-12-6-1-7-13-21)15-22-19-10-4-2-8-17(19)18-9-3-5-11-20(18)22;1-12-7-4-3-6(9(10)11)5-8(7)13-2/h2-5,8-11,16,23H,1,6-7,12-15H2;3-5H,1-2H3,(H,10,11). The minimum Gasteiger partial charge on any atom is -0.493 e. The summed E-state index contributed by atoms with van der Waals surface area (Å²) < 4.78 is 12.2. The maximum Gasteiger partial charge on any atom is 0.335 e. The van der Waals surface area contributed by atoms with Crippen molar-refractivity contribution in [3.05, 3.63) is 72.3 Å². The third kappa shape index (κ3) is 5.80. The molecule has 190 valence electrons. The van der Waals surface area contributed by atoms with Crippen molar-refractivity contribution in [3.8, 4) is 11.5 Å². The highest BCUT2D eigenvalue weighted by Crippen LogP contribution is 2.29. The van der Waals surface area contributed by atoms with Crippen LogP contribution in [0.5, 0.6) is 11.5 Å². The molecular formula is C29H34N2O5. The molecule has 0 bridgehead atoms. The van der Waals surface area contributed by atoms with Gasteiger partial charge < -0.3 is 29.2 Å². The summed E-state index contributed by atoms with van der Waals surface area (Å²) in [6.07, 6.45) is 3.54. The van der Waals surface area contributed by atoms with Gasteiger partial charge in [0.05, 0.1) is 32.4 Å². The first-order valence-corrected chi connectivity index (χ1v) is 12.3. The van der Waals surface area contributed by atoms with Crippen LogP contribution in [0.1, 0.15) is 29.6 Å². The van der Waals surface area contributed by atoms with Crippen LogP contribution in [0.3, 0.4) is 0 Å². The first-order chi connectivity index (χ1) is 17.5. The smallest absolute Gasteiger partial charge is 0.335 e. The first kappa shape index (κ1) is 25.5. The highest BCUT2D eigenvalue weighted by atomic mass is 16.5. The maximum atomic E-state index is 10.6. The predicted molar refractivity (Wildman–Crippen MR) is 142 cm³/mol. The molecule has 3 aromatic carbocycles. The van der Waals surface area contributed by atoms with Crippen LogP contribution in [0, 0.1) is 0 Å². The van der Waals surface area contributed by atoms with Gasteiger partial charge in [-0.2, -0.15) is 0 Å². The van der Waals surface area contributed by atoms with Crippen LogP contribution in [0.4, 0.5) is 0 Å². The van der Waals surface area contributed by atoms with Crippen molar-refractivity contribution in [1.82, 2.24) is 9.47 Å². The number of para-hydroxylation sites is 2. The van der Waals surface area contributed by atoms with Crippen LogP contribution >= 0.6 is 0 Å². The zero-order valence-electron chi connectivity index (χ0n) is 20.9. The quantitative estimate of drug-likeness (QED) is 0.378. The van der Waals surface area contributed by atoms with Crippen molar-refractivity contribution in [2.75, 3.05) is 33.9 Å². The molecule has 0 radical (unpaired) electrons. The van der Waals surface area contributed by atoms with E-state index in [-0.39, 0.29) is 11.7 Å². The summed E-state index contributed by atoms with van der Waals surface area (Å²) in [6.45, 7) is 3.69. The number of carboxylic acid groups (broad SMARTS) is 1. The van der Waals surface area contributed by atoms with Gasteiger partial charge in [-0.15, -0.1) is 0 Å². The third-order valence-electron chi connectivity index (χ3n) is 6.62. The number of aromatic carboxylic acids is 1. The molecule has 4 aromatic rings. The summed E-state index contributed by atoms with van der Waals surface area (Å²) in [7, 11) is 2.96. The van der Waals surface area contributed by atoms with E-state index in [0.29, 0.717) is 18.0 Å². The molecule has 1 atom stereocenters. The lowest BCUT2D eigenvalue weighted by Gasteiger charge is -2.28. The second-order valence-electron chi connectivity index (χ2n) is 9.03. The minimum absolute atomic E-state index is 0.178. The fraction of sp³-hybridized carbons (Fsp3) is 0.345. The first-order valence-electron chi connectivity index (χ1n) is 12.3. The Morgan fingerprint density at radius 3 is 1.97 bits per heavy atom. The van der Waals surface area contributed by atoms with Crippen molar-refractivity contribution < 1.29 is 24.5 Å². The minimum atomic E-state index is -0.985. The van der Waals surface area contributed by atoms with Crippen molar-refractivity contribution in [2.24, 2.45) is 0 Å². The molecule has 2 N–H and O–H groups in total. The van der Waals surface area contributed by atoms with Crippen LogP contribution in [0.25, 0.3) is 21.8 Å². The summed E-state index contributed by atoms with van der Waals surface area (Å²) >= 11 is 0. The molecule has 5 rings (SSSR count). The fourth-order valence-corrected chi connectivity index (χ4v) is 4.88. The Balaban J connectivity index is 0.000000200. The molecule has 0 spiro atoms. The molecule has 7 nitrogen and oxygen atoms in total. The van der Waals surface area contributed by atoms with Crippen LogP contribution in [0.2, 0.25) is 0 Å². The molecule has 1 aliphatic heterocycles. The number of methoxy groups -OCH3 is 2. The van der Waals surface area contributed by atoms with Crippen molar-refractivity contribution >= 4 is 27.8 Å². The van der Waals surface area contributed by atoms with Gasteiger partial charge in [0.15, 0.2) is 11.5 Å². The number of carboxylic acids is 1. The van der Waals surface area contributed by atoms with Gasteiger partial charge in [-0.05, 0) is 56.3 Å². The van der Waals surface area contributed by atoms with E-state index in [1.54, 1.807) is 6.07 Å².